The Morgan fingerprint density at radius 2 is 2.07 bits per heavy atom. The molecule has 0 N–H and O–H groups in total. The standard InChI is InChI=1S/C12H22O2/c1-2-9-14-10-12(13)8-7-11-5-3-4-6-11/h11H,2-10H2,1H3. The Kier molecular flexibility index (Phi) is 5.85. The van der Waals surface area contributed by atoms with E-state index in [2.05, 4.69) is 6.92 Å². The molecule has 2 heteroatoms. The number of hydrogen-bond acceptors (Lipinski definition) is 2. The lowest BCUT2D eigenvalue weighted by molar-refractivity contribution is -0.123. The van der Waals surface area contributed by atoms with E-state index in [1.807, 2.05) is 0 Å². The highest BCUT2D eigenvalue weighted by Gasteiger charge is 2.15. The minimum atomic E-state index is 0.283. The zero-order chi connectivity index (χ0) is 10.2. The molecule has 1 saturated carbocycles. The first-order valence-electron chi connectivity index (χ1n) is 5.92. The van der Waals surface area contributed by atoms with E-state index < -0.39 is 0 Å². The number of carbonyl (C=O) groups excluding carboxylic acids is 1. The lowest BCUT2D eigenvalue weighted by Crippen LogP contribution is -2.10. The Balaban J connectivity index is 1.96. The van der Waals surface area contributed by atoms with Crippen molar-refractivity contribution in [1.82, 2.24) is 0 Å². The van der Waals surface area contributed by atoms with Gasteiger partial charge in [0.15, 0.2) is 5.78 Å². The Bertz CT molecular complexity index is 160. The highest BCUT2D eigenvalue weighted by molar-refractivity contribution is 5.79. The lowest BCUT2D eigenvalue weighted by Gasteiger charge is -2.07. The van der Waals surface area contributed by atoms with Crippen LogP contribution in [0.1, 0.15) is 51.9 Å². The molecule has 1 fully saturated rings. The van der Waals surface area contributed by atoms with Gasteiger partial charge in [0, 0.05) is 13.0 Å². The van der Waals surface area contributed by atoms with Gasteiger partial charge in [0.25, 0.3) is 0 Å². The molecule has 0 aliphatic heterocycles. The number of carbonyl (C=O) groups is 1. The van der Waals surface area contributed by atoms with Crippen LogP contribution in [0.4, 0.5) is 0 Å². The van der Waals surface area contributed by atoms with Crippen molar-refractivity contribution in [3.05, 3.63) is 0 Å². The molecule has 0 aromatic carbocycles. The molecule has 14 heavy (non-hydrogen) atoms. The second-order valence-corrected chi connectivity index (χ2v) is 4.28. The Hall–Kier alpha value is -0.370. The lowest BCUT2D eigenvalue weighted by atomic mass is 10.0. The van der Waals surface area contributed by atoms with Gasteiger partial charge >= 0.3 is 0 Å². The van der Waals surface area contributed by atoms with Crippen molar-refractivity contribution in [1.29, 1.82) is 0 Å². The van der Waals surface area contributed by atoms with Gasteiger partial charge in [0.1, 0.15) is 6.61 Å². The average molecular weight is 198 g/mol. The topological polar surface area (TPSA) is 26.3 Å². The van der Waals surface area contributed by atoms with Crippen molar-refractivity contribution >= 4 is 5.78 Å². The highest BCUT2D eigenvalue weighted by Crippen LogP contribution is 2.28. The van der Waals surface area contributed by atoms with E-state index in [1.54, 1.807) is 0 Å². The summed E-state index contributed by atoms with van der Waals surface area (Å²) in [5.41, 5.74) is 0. The third-order valence-corrected chi connectivity index (χ3v) is 2.92. The van der Waals surface area contributed by atoms with Crippen LogP contribution in [0.15, 0.2) is 0 Å². The molecule has 0 radical (unpaired) electrons. The molecule has 0 aromatic heterocycles. The maximum absolute atomic E-state index is 11.3. The first-order valence-corrected chi connectivity index (χ1v) is 5.92. The van der Waals surface area contributed by atoms with Crippen molar-refractivity contribution in [2.24, 2.45) is 5.92 Å². The molecule has 2 nitrogen and oxygen atoms in total. The summed E-state index contributed by atoms with van der Waals surface area (Å²) in [5.74, 6) is 1.11. The molecule has 0 bridgehead atoms. The van der Waals surface area contributed by atoms with E-state index in [0.717, 1.165) is 31.8 Å². The fraction of sp³-hybridized carbons (Fsp3) is 0.917. The molecule has 0 spiro atoms. The Morgan fingerprint density at radius 1 is 1.36 bits per heavy atom. The summed E-state index contributed by atoms with van der Waals surface area (Å²) >= 11 is 0. The van der Waals surface area contributed by atoms with Crippen molar-refractivity contribution < 1.29 is 9.53 Å². The first-order chi connectivity index (χ1) is 6.83. The predicted octanol–water partition coefficient (Wildman–Crippen LogP) is 2.95. The molecule has 82 valence electrons. The van der Waals surface area contributed by atoms with Crippen LogP contribution in [0.25, 0.3) is 0 Å². The van der Waals surface area contributed by atoms with Gasteiger partial charge < -0.3 is 4.74 Å². The smallest absolute Gasteiger partial charge is 0.158 e. The second kappa shape index (κ2) is 6.99. The summed E-state index contributed by atoms with van der Waals surface area (Å²) in [5, 5.41) is 0. The van der Waals surface area contributed by atoms with Crippen molar-refractivity contribution in [3.63, 3.8) is 0 Å². The molecule has 0 amide bonds. The number of ether oxygens (including phenoxy) is 1. The van der Waals surface area contributed by atoms with Gasteiger partial charge in [-0.3, -0.25) is 4.79 Å². The van der Waals surface area contributed by atoms with E-state index >= 15 is 0 Å². The first kappa shape index (κ1) is 11.7. The summed E-state index contributed by atoms with van der Waals surface area (Å²) in [7, 11) is 0. The molecular formula is C12H22O2. The number of Topliss-reactive ketones (excluding diaryl/α,β-unsaturated/α-hetero) is 1. The fourth-order valence-corrected chi connectivity index (χ4v) is 2.07. The van der Waals surface area contributed by atoms with Crippen molar-refractivity contribution in [2.75, 3.05) is 13.2 Å². The van der Waals surface area contributed by atoms with Gasteiger partial charge in [-0.05, 0) is 18.8 Å². The minimum absolute atomic E-state index is 0.283. The van der Waals surface area contributed by atoms with E-state index in [-0.39, 0.29) is 5.78 Å². The Labute approximate surface area is 87.0 Å². The molecule has 1 aliphatic rings. The quantitative estimate of drug-likeness (QED) is 0.588. The zero-order valence-corrected chi connectivity index (χ0v) is 9.26. The summed E-state index contributed by atoms with van der Waals surface area (Å²) in [6.07, 6.45) is 8.22. The molecule has 1 aliphatic carbocycles. The highest BCUT2D eigenvalue weighted by atomic mass is 16.5. The average Bonchev–Trinajstić information content (AvgIpc) is 2.68. The number of rotatable bonds is 7. The second-order valence-electron chi connectivity index (χ2n) is 4.28. The molecule has 0 unspecified atom stereocenters. The molecule has 0 atom stereocenters. The number of ketones is 1. The summed E-state index contributed by atoms with van der Waals surface area (Å²) < 4.78 is 5.21. The maximum Gasteiger partial charge on any atom is 0.158 e. The van der Waals surface area contributed by atoms with Crippen LogP contribution in [-0.2, 0) is 9.53 Å². The van der Waals surface area contributed by atoms with Crippen LogP contribution in [0.5, 0.6) is 0 Å². The third kappa shape index (κ3) is 4.75. The van der Waals surface area contributed by atoms with Gasteiger partial charge in [0.05, 0.1) is 0 Å². The minimum Gasteiger partial charge on any atom is -0.374 e. The molecule has 0 aromatic rings. The predicted molar refractivity (Wildman–Crippen MR) is 57.3 cm³/mol. The van der Waals surface area contributed by atoms with Gasteiger partial charge in [-0.15, -0.1) is 0 Å². The van der Waals surface area contributed by atoms with Crippen LogP contribution in [0.2, 0.25) is 0 Å². The van der Waals surface area contributed by atoms with Gasteiger partial charge in [0.2, 0.25) is 0 Å². The molecule has 1 rings (SSSR count). The normalized spacial score (nSPS) is 17.5. The molecular weight excluding hydrogens is 176 g/mol. The maximum atomic E-state index is 11.3. The van der Waals surface area contributed by atoms with Crippen molar-refractivity contribution in [2.45, 2.75) is 51.9 Å². The van der Waals surface area contributed by atoms with Gasteiger partial charge in [-0.1, -0.05) is 32.6 Å². The largest absolute Gasteiger partial charge is 0.374 e. The van der Waals surface area contributed by atoms with E-state index in [4.69, 9.17) is 4.74 Å². The molecule has 0 saturated heterocycles. The van der Waals surface area contributed by atoms with Crippen LogP contribution in [-0.4, -0.2) is 19.0 Å². The van der Waals surface area contributed by atoms with Crippen LogP contribution >= 0.6 is 0 Å². The van der Waals surface area contributed by atoms with Crippen LogP contribution in [0.3, 0.4) is 0 Å². The van der Waals surface area contributed by atoms with E-state index in [1.165, 1.54) is 25.7 Å². The Morgan fingerprint density at radius 3 is 2.71 bits per heavy atom. The summed E-state index contributed by atoms with van der Waals surface area (Å²) in [4.78, 5) is 11.3. The summed E-state index contributed by atoms with van der Waals surface area (Å²) in [6.45, 7) is 3.11. The van der Waals surface area contributed by atoms with Crippen molar-refractivity contribution in [3.8, 4) is 0 Å². The van der Waals surface area contributed by atoms with Crippen LogP contribution in [0, 0.1) is 5.92 Å². The van der Waals surface area contributed by atoms with E-state index in [9.17, 15) is 4.79 Å². The van der Waals surface area contributed by atoms with Gasteiger partial charge in [-0.2, -0.15) is 0 Å². The fourth-order valence-electron chi connectivity index (χ4n) is 2.07. The zero-order valence-electron chi connectivity index (χ0n) is 9.26. The SMILES string of the molecule is CCCOCC(=O)CCC1CCCC1. The summed E-state index contributed by atoms with van der Waals surface area (Å²) in [6, 6.07) is 0. The van der Waals surface area contributed by atoms with Crippen LogP contribution < -0.4 is 0 Å². The monoisotopic (exact) mass is 198 g/mol. The van der Waals surface area contributed by atoms with E-state index in [0.29, 0.717) is 6.61 Å². The third-order valence-electron chi connectivity index (χ3n) is 2.92. The van der Waals surface area contributed by atoms with Gasteiger partial charge in [-0.25, -0.2) is 0 Å². The number of hydrogen-bond donors (Lipinski definition) is 0. The molecule has 0 heterocycles.